The van der Waals surface area contributed by atoms with Gasteiger partial charge in [0, 0.05) is 37.5 Å². The van der Waals surface area contributed by atoms with E-state index < -0.39 is 0 Å². The summed E-state index contributed by atoms with van der Waals surface area (Å²) in [6.07, 6.45) is 0.779. The Morgan fingerprint density at radius 2 is 1.53 bits per heavy atom. The van der Waals surface area contributed by atoms with Gasteiger partial charge in [0.2, 0.25) is 5.91 Å². The summed E-state index contributed by atoms with van der Waals surface area (Å²) in [7, 11) is 6.48. The number of amides is 1. The quantitative estimate of drug-likeness (QED) is 0.457. The maximum absolute atomic E-state index is 13.4. The summed E-state index contributed by atoms with van der Waals surface area (Å²) >= 11 is 0. The van der Waals surface area contributed by atoms with Crippen LogP contribution in [0.15, 0.2) is 66.7 Å². The molecule has 0 saturated carbocycles. The van der Waals surface area contributed by atoms with Crippen LogP contribution in [-0.2, 0) is 11.3 Å². The number of hydrogen-bond donors (Lipinski definition) is 1. The second-order valence-corrected chi connectivity index (χ2v) is 9.01. The highest BCUT2D eigenvalue weighted by molar-refractivity contribution is 5.93. The minimum atomic E-state index is -0.176. The molecule has 2 unspecified atom stereocenters. The Labute approximate surface area is 212 Å². The molecule has 1 heterocycles. The number of hydrogen-bond acceptors (Lipinski definition) is 6. The van der Waals surface area contributed by atoms with Gasteiger partial charge in [-0.25, -0.2) is 0 Å². The monoisotopic (exact) mass is 490 g/mol. The zero-order valence-electron chi connectivity index (χ0n) is 21.3. The summed E-state index contributed by atoms with van der Waals surface area (Å²) in [5.74, 6) is 2.77. The highest BCUT2D eigenvalue weighted by atomic mass is 16.5. The molecule has 190 valence electrons. The van der Waals surface area contributed by atoms with E-state index >= 15 is 0 Å². The number of benzene rings is 3. The molecule has 1 amide bonds. The van der Waals surface area contributed by atoms with Crippen LogP contribution in [0.25, 0.3) is 0 Å². The van der Waals surface area contributed by atoms with Gasteiger partial charge in [-0.15, -0.1) is 0 Å². The lowest BCUT2D eigenvalue weighted by molar-refractivity contribution is -0.121. The topological polar surface area (TPSA) is 69.3 Å². The Hall–Kier alpha value is -3.71. The second-order valence-electron chi connectivity index (χ2n) is 9.01. The van der Waals surface area contributed by atoms with Crippen molar-refractivity contribution in [2.45, 2.75) is 18.9 Å². The van der Waals surface area contributed by atoms with Gasteiger partial charge in [-0.05, 0) is 47.7 Å². The number of nitrogens with one attached hydrogen (secondary N) is 1. The number of ether oxygens (including phenoxy) is 4. The van der Waals surface area contributed by atoms with Gasteiger partial charge in [-0.1, -0.05) is 30.3 Å². The minimum absolute atomic E-state index is 0.00364. The third-order valence-electron chi connectivity index (χ3n) is 6.64. The fourth-order valence-electron chi connectivity index (χ4n) is 4.85. The number of rotatable bonds is 9. The van der Waals surface area contributed by atoms with Crippen molar-refractivity contribution in [3.05, 3.63) is 77.9 Å². The first kappa shape index (κ1) is 25.4. The lowest BCUT2D eigenvalue weighted by Gasteiger charge is -2.37. The molecule has 1 fully saturated rings. The van der Waals surface area contributed by atoms with Crippen molar-refractivity contribution >= 4 is 11.6 Å². The van der Waals surface area contributed by atoms with Crippen LogP contribution in [0.5, 0.6) is 23.0 Å². The third kappa shape index (κ3) is 6.10. The van der Waals surface area contributed by atoms with Gasteiger partial charge in [0.1, 0.15) is 11.5 Å². The summed E-state index contributed by atoms with van der Waals surface area (Å²) in [5, 5.41) is 3.09. The Balaban J connectivity index is 1.55. The second kappa shape index (κ2) is 11.8. The van der Waals surface area contributed by atoms with Gasteiger partial charge in [0.25, 0.3) is 0 Å². The molecular formula is C29H34N2O5. The molecule has 2 atom stereocenters. The van der Waals surface area contributed by atoms with Crippen molar-refractivity contribution in [2.75, 3.05) is 46.8 Å². The van der Waals surface area contributed by atoms with Gasteiger partial charge < -0.3 is 24.3 Å². The largest absolute Gasteiger partial charge is 0.497 e. The maximum atomic E-state index is 13.4. The number of anilines is 1. The van der Waals surface area contributed by atoms with Crippen molar-refractivity contribution in [3.8, 4) is 23.0 Å². The number of methoxy groups -OCH3 is 4. The molecule has 0 spiro atoms. The fourth-order valence-corrected chi connectivity index (χ4v) is 4.85. The van der Waals surface area contributed by atoms with E-state index in [4.69, 9.17) is 18.9 Å². The highest BCUT2D eigenvalue weighted by Crippen LogP contribution is 2.34. The van der Waals surface area contributed by atoms with Gasteiger partial charge in [0.05, 0.1) is 34.4 Å². The van der Waals surface area contributed by atoms with Crippen molar-refractivity contribution in [3.63, 3.8) is 0 Å². The standard InChI is InChI=1S/C29H34N2O5/c1-33-25-12-20(13-26(16-25)34-2)17-31-18-22(21-8-6-5-7-9-21)14-23(19-31)29(32)30-24-10-11-27(35-3)28(15-24)36-4/h5-13,15-16,22-23H,14,17-19H2,1-4H3,(H,30,32). The van der Waals surface area contributed by atoms with E-state index in [2.05, 4.69) is 34.5 Å². The van der Waals surface area contributed by atoms with Crippen LogP contribution in [0.1, 0.15) is 23.5 Å². The Kier molecular flexibility index (Phi) is 8.33. The first-order valence-electron chi connectivity index (χ1n) is 12.0. The minimum Gasteiger partial charge on any atom is -0.497 e. The molecule has 0 aliphatic carbocycles. The molecule has 4 rings (SSSR count). The number of nitrogens with zero attached hydrogens (tertiary/aromatic N) is 1. The average Bonchev–Trinajstić information content (AvgIpc) is 2.92. The van der Waals surface area contributed by atoms with E-state index in [0.717, 1.165) is 30.0 Å². The Morgan fingerprint density at radius 1 is 0.833 bits per heavy atom. The molecule has 1 aliphatic rings. The van der Waals surface area contributed by atoms with Gasteiger partial charge in [-0.3, -0.25) is 9.69 Å². The summed E-state index contributed by atoms with van der Waals surface area (Å²) < 4.78 is 21.6. The van der Waals surface area contributed by atoms with E-state index in [1.165, 1.54) is 5.56 Å². The summed E-state index contributed by atoms with van der Waals surface area (Å²) in [4.78, 5) is 15.8. The first-order chi connectivity index (χ1) is 17.5. The van der Waals surface area contributed by atoms with E-state index in [1.54, 1.807) is 40.6 Å². The fraction of sp³-hybridized carbons (Fsp3) is 0.345. The van der Waals surface area contributed by atoms with Gasteiger partial charge in [-0.2, -0.15) is 0 Å². The van der Waals surface area contributed by atoms with Crippen molar-refractivity contribution < 1.29 is 23.7 Å². The van der Waals surface area contributed by atoms with Gasteiger partial charge >= 0.3 is 0 Å². The number of carbonyl (C=O) groups excluding carboxylic acids is 1. The van der Waals surface area contributed by atoms with E-state index in [1.807, 2.05) is 30.3 Å². The van der Waals surface area contributed by atoms with E-state index in [0.29, 0.717) is 30.3 Å². The molecule has 7 nitrogen and oxygen atoms in total. The third-order valence-corrected chi connectivity index (χ3v) is 6.64. The number of piperidine rings is 1. The Bertz CT molecular complexity index is 1150. The lowest BCUT2D eigenvalue weighted by Crippen LogP contribution is -2.43. The molecule has 1 aliphatic heterocycles. The van der Waals surface area contributed by atoms with Crippen molar-refractivity contribution in [1.82, 2.24) is 4.90 Å². The molecule has 7 heteroatoms. The van der Waals surface area contributed by atoms with Gasteiger partial charge in [0.15, 0.2) is 11.5 Å². The Morgan fingerprint density at radius 3 is 2.17 bits per heavy atom. The smallest absolute Gasteiger partial charge is 0.228 e. The SMILES string of the molecule is COc1cc(CN2CC(C(=O)Nc3ccc(OC)c(OC)c3)CC(c3ccccc3)C2)cc(OC)c1. The summed E-state index contributed by atoms with van der Waals surface area (Å²) in [5.41, 5.74) is 3.01. The zero-order valence-corrected chi connectivity index (χ0v) is 21.3. The van der Waals surface area contributed by atoms with Crippen LogP contribution < -0.4 is 24.3 Å². The maximum Gasteiger partial charge on any atom is 0.228 e. The van der Waals surface area contributed by atoms with Crippen LogP contribution in [0.4, 0.5) is 5.69 Å². The predicted molar refractivity (Wildman–Crippen MR) is 140 cm³/mol. The van der Waals surface area contributed by atoms with E-state index in [-0.39, 0.29) is 17.7 Å². The van der Waals surface area contributed by atoms with Crippen molar-refractivity contribution in [2.24, 2.45) is 5.92 Å². The number of carbonyl (C=O) groups is 1. The predicted octanol–water partition coefficient (Wildman–Crippen LogP) is 4.97. The van der Waals surface area contributed by atoms with Crippen LogP contribution in [0.3, 0.4) is 0 Å². The molecule has 3 aromatic rings. The molecule has 36 heavy (non-hydrogen) atoms. The van der Waals surface area contributed by atoms with Crippen LogP contribution in [-0.4, -0.2) is 52.3 Å². The summed E-state index contributed by atoms with van der Waals surface area (Å²) in [6, 6.07) is 21.7. The van der Waals surface area contributed by atoms with Crippen LogP contribution in [0, 0.1) is 5.92 Å². The normalized spacial score (nSPS) is 17.8. The first-order valence-corrected chi connectivity index (χ1v) is 12.0. The molecular weight excluding hydrogens is 456 g/mol. The van der Waals surface area contributed by atoms with Crippen LogP contribution >= 0.6 is 0 Å². The van der Waals surface area contributed by atoms with Crippen LogP contribution in [0.2, 0.25) is 0 Å². The molecule has 0 radical (unpaired) electrons. The molecule has 1 N–H and O–H groups in total. The molecule has 3 aromatic carbocycles. The lowest BCUT2D eigenvalue weighted by atomic mass is 9.84. The molecule has 1 saturated heterocycles. The summed E-state index contributed by atoms with van der Waals surface area (Å²) in [6.45, 7) is 2.21. The van der Waals surface area contributed by atoms with Crippen molar-refractivity contribution in [1.29, 1.82) is 0 Å². The number of likely N-dealkylation sites (tertiary alicyclic amines) is 1. The van der Waals surface area contributed by atoms with E-state index in [9.17, 15) is 4.79 Å². The zero-order chi connectivity index (χ0) is 25.5. The molecule has 0 bridgehead atoms. The highest BCUT2D eigenvalue weighted by Gasteiger charge is 2.32. The molecule has 0 aromatic heterocycles. The average molecular weight is 491 g/mol.